The van der Waals surface area contributed by atoms with Gasteiger partial charge in [-0.05, 0) is 32.2 Å². The second kappa shape index (κ2) is 8.48. The topological polar surface area (TPSA) is 83.1 Å². The molecule has 8 heteroatoms. The van der Waals surface area contributed by atoms with Gasteiger partial charge in [-0.3, -0.25) is 19.8 Å². The number of rotatable bonds is 7. The quantitative estimate of drug-likeness (QED) is 0.518. The summed E-state index contributed by atoms with van der Waals surface area (Å²) < 4.78 is 10.6. The summed E-state index contributed by atoms with van der Waals surface area (Å²) in [4.78, 5) is 28.9. The molecule has 26 heavy (non-hydrogen) atoms. The van der Waals surface area contributed by atoms with Crippen molar-refractivity contribution in [3.05, 3.63) is 23.8 Å². The number of carbonyl (C=O) groups is 2. The largest absolute Gasteiger partial charge is 0.454 e. The summed E-state index contributed by atoms with van der Waals surface area (Å²) in [5.74, 6) is 1.14. The van der Waals surface area contributed by atoms with Gasteiger partial charge in [0.25, 0.3) is 0 Å². The highest BCUT2D eigenvalue weighted by molar-refractivity contribution is 6.00. The van der Waals surface area contributed by atoms with Crippen molar-refractivity contribution in [3.63, 3.8) is 0 Å². The molecule has 1 unspecified atom stereocenters. The van der Waals surface area contributed by atoms with Crippen LogP contribution in [0.5, 0.6) is 11.5 Å². The van der Waals surface area contributed by atoms with Crippen LogP contribution in [0.3, 0.4) is 0 Å². The molecular formula is C18H26N4O4. The third-order valence-electron chi connectivity index (χ3n) is 4.71. The molecule has 1 atom stereocenters. The Kier molecular flexibility index (Phi) is 6.08. The van der Waals surface area contributed by atoms with Crippen LogP contribution in [-0.2, 0) is 4.79 Å². The molecule has 0 aromatic heterocycles. The fourth-order valence-corrected chi connectivity index (χ4v) is 2.96. The smallest absolute Gasteiger partial charge is 0.235 e. The summed E-state index contributed by atoms with van der Waals surface area (Å²) in [5, 5.41) is 5.86. The zero-order valence-electron chi connectivity index (χ0n) is 15.3. The van der Waals surface area contributed by atoms with Gasteiger partial charge < -0.3 is 19.7 Å². The molecule has 0 spiro atoms. The molecule has 1 fully saturated rings. The second-order valence-electron chi connectivity index (χ2n) is 6.71. The lowest BCUT2D eigenvalue weighted by molar-refractivity contribution is -0.122. The van der Waals surface area contributed by atoms with Crippen molar-refractivity contribution in [3.8, 4) is 11.5 Å². The lowest BCUT2D eigenvalue weighted by atomic mass is 10.1. The number of amides is 1. The van der Waals surface area contributed by atoms with Gasteiger partial charge in [0.1, 0.15) is 0 Å². The molecule has 0 bridgehead atoms. The van der Waals surface area contributed by atoms with E-state index in [0.29, 0.717) is 23.6 Å². The Morgan fingerprint density at radius 2 is 1.88 bits per heavy atom. The number of hydrogen-bond acceptors (Lipinski definition) is 7. The maximum absolute atomic E-state index is 12.5. The number of benzene rings is 1. The molecule has 8 nitrogen and oxygen atoms in total. The van der Waals surface area contributed by atoms with Crippen LogP contribution >= 0.6 is 0 Å². The fraction of sp³-hybridized carbons (Fsp3) is 0.556. The van der Waals surface area contributed by atoms with Crippen molar-refractivity contribution in [2.45, 2.75) is 13.0 Å². The molecule has 142 valence electrons. The van der Waals surface area contributed by atoms with Crippen molar-refractivity contribution in [1.29, 1.82) is 0 Å². The standard InChI is InChI=1S/C18H26N4O4/c1-13(18(24)14-3-4-15-16(9-14)26-12-25-15)19-11-20-17(23)10-22-7-5-21(2)6-8-22/h3-4,9,13,19H,5-8,10-12H2,1-2H3,(H,20,23). The molecule has 0 aliphatic carbocycles. The van der Waals surface area contributed by atoms with Gasteiger partial charge in [-0.15, -0.1) is 0 Å². The first kappa shape index (κ1) is 18.6. The van der Waals surface area contributed by atoms with Crippen molar-refractivity contribution < 1.29 is 19.1 Å². The Labute approximate surface area is 153 Å². The van der Waals surface area contributed by atoms with E-state index in [-0.39, 0.29) is 25.2 Å². The Morgan fingerprint density at radius 3 is 2.65 bits per heavy atom. The van der Waals surface area contributed by atoms with Gasteiger partial charge in [0.15, 0.2) is 17.3 Å². The zero-order chi connectivity index (χ0) is 18.5. The summed E-state index contributed by atoms with van der Waals surface area (Å²) in [7, 11) is 2.08. The molecule has 2 aliphatic heterocycles. The minimum atomic E-state index is -0.417. The van der Waals surface area contributed by atoms with E-state index < -0.39 is 6.04 Å². The first-order chi connectivity index (χ1) is 12.5. The van der Waals surface area contributed by atoms with E-state index in [9.17, 15) is 9.59 Å². The average molecular weight is 362 g/mol. The number of likely N-dealkylation sites (N-methyl/N-ethyl adjacent to an activating group) is 1. The molecular weight excluding hydrogens is 336 g/mol. The summed E-state index contributed by atoms with van der Waals surface area (Å²) in [6.07, 6.45) is 0. The molecule has 2 N–H and O–H groups in total. The van der Waals surface area contributed by atoms with Gasteiger partial charge in [-0.25, -0.2) is 0 Å². The first-order valence-electron chi connectivity index (χ1n) is 8.88. The first-order valence-corrected chi connectivity index (χ1v) is 8.88. The van der Waals surface area contributed by atoms with Gasteiger partial charge in [-0.2, -0.15) is 0 Å². The molecule has 2 aliphatic rings. The number of nitrogens with one attached hydrogen (secondary N) is 2. The summed E-state index contributed by atoms with van der Waals surface area (Å²) in [6.45, 7) is 6.36. The van der Waals surface area contributed by atoms with Gasteiger partial charge in [0.05, 0.1) is 19.3 Å². The summed E-state index contributed by atoms with van der Waals surface area (Å²) in [6, 6.07) is 4.73. The lowest BCUT2D eigenvalue weighted by Crippen LogP contribution is -2.49. The normalized spacial score (nSPS) is 18.5. The maximum atomic E-state index is 12.5. The second-order valence-corrected chi connectivity index (χ2v) is 6.71. The maximum Gasteiger partial charge on any atom is 0.235 e. The van der Waals surface area contributed by atoms with Crippen LogP contribution in [0.4, 0.5) is 0 Å². The number of nitrogens with zero attached hydrogens (tertiary/aromatic N) is 2. The van der Waals surface area contributed by atoms with E-state index in [1.807, 2.05) is 0 Å². The van der Waals surface area contributed by atoms with Crippen molar-refractivity contribution in [1.82, 2.24) is 20.4 Å². The minimum Gasteiger partial charge on any atom is -0.454 e. The van der Waals surface area contributed by atoms with E-state index in [1.54, 1.807) is 25.1 Å². The summed E-state index contributed by atoms with van der Waals surface area (Å²) in [5.41, 5.74) is 0.554. The highest BCUT2D eigenvalue weighted by atomic mass is 16.7. The third kappa shape index (κ3) is 4.72. The number of carbonyl (C=O) groups excluding carboxylic acids is 2. The molecule has 1 amide bonds. The molecule has 0 saturated carbocycles. The molecule has 1 aromatic carbocycles. The molecule has 3 rings (SSSR count). The van der Waals surface area contributed by atoms with Crippen LogP contribution < -0.4 is 20.1 Å². The average Bonchev–Trinajstić information content (AvgIpc) is 3.10. The van der Waals surface area contributed by atoms with E-state index >= 15 is 0 Å². The van der Waals surface area contributed by atoms with Crippen molar-refractivity contribution in [2.75, 3.05) is 53.2 Å². The predicted octanol–water partition coefficient (Wildman–Crippen LogP) is -0.103. The van der Waals surface area contributed by atoms with Gasteiger partial charge in [0.2, 0.25) is 12.7 Å². The number of ketones is 1. The molecule has 0 radical (unpaired) electrons. The molecule has 1 saturated heterocycles. The number of Topliss-reactive ketones (excluding diaryl/α,β-unsaturated/α-hetero) is 1. The van der Waals surface area contributed by atoms with Crippen molar-refractivity contribution >= 4 is 11.7 Å². The highest BCUT2D eigenvalue weighted by Gasteiger charge is 2.20. The minimum absolute atomic E-state index is 0.0372. The van der Waals surface area contributed by atoms with Gasteiger partial charge in [0, 0.05) is 31.7 Å². The van der Waals surface area contributed by atoms with E-state index in [4.69, 9.17) is 9.47 Å². The van der Waals surface area contributed by atoms with E-state index in [1.165, 1.54) is 0 Å². The Morgan fingerprint density at radius 1 is 1.15 bits per heavy atom. The zero-order valence-corrected chi connectivity index (χ0v) is 15.3. The van der Waals surface area contributed by atoms with Gasteiger partial charge in [-0.1, -0.05) is 0 Å². The number of ether oxygens (including phenoxy) is 2. The monoisotopic (exact) mass is 362 g/mol. The van der Waals surface area contributed by atoms with Crippen LogP contribution in [0.2, 0.25) is 0 Å². The van der Waals surface area contributed by atoms with E-state index in [2.05, 4.69) is 27.5 Å². The third-order valence-corrected chi connectivity index (χ3v) is 4.71. The Hall–Kier alpha value is -2.16. The Bertz CT molecular complexity index is 659. The highest BCUT2D eigenvalue weighted by Crippen LogP contribution is 2.32. The van der Waals surface area contributed by atoms with E-state index in [0.717, 1.165) is 26.2 Å². The number of piperazine rings is 1. The fourth-order valence-electron chi connectivity index (χ4n) is 2.96. The van der Waals surface area contributed by atoms with Crippen LogP contribution in [0.1, 0.15) is 17.3 Å². The molecule has 1 aromatic rings. The van der Waals surface area contributed by atoms with Crippen LogP contribution in [-0.4, -0.2) is 80.8 Å². The summed E-state index contributed by atoms with van der Waals surface area (Å²) >= 11 is 0. The Balaban J connectivity index is 1.40. The number of hydrogen-bond donors (Lipinski definition) is 2. The predicted molar refractivity (Wildman–Crippen MR) is 96.4 cm³/mol. The van der Waals surface area contributed by atoms with Crippen molar-refractivity contribution in [2.24, 2.45) is 0 Å². The lowest BCUT2D eigenvalue weighted by Gasteiger charge is -2.31. The number of fused-ring (bicyclic) bond motifs is 1. The molecule has 2 heterocycles. The van der Waals surface area contributed by atoms with Gasteiger partial charge >= 0.3 is 0 Å². The SMILES string of the molecule is CC(NCNC(=O)CN1CCN(C)CC1)C(=O)c1ccc2c(c1)OCO2. The van der Waals surface area contributed by atoms with Crippen LogP contribution in [0, 0.1) is 0 Å². The van der Waals surface area contributed by atoms with Crippen LogP contribution in [0.25, 0.3) is 0 Å². The van der Waals surface area contributed by atoms with Crippen LogP contribution in [0.15, 0.2) is 18.2 Å².